The number of hydrogen-bond donors (Lipinski definition) is 1. The van der Waals surface area contributed by atoms with E-state index in [1.165, 1.54) is 0 Å². The molecule has 1 atom stereocenters. The fourth-order valence-electron chi connectivity index (χ4n) is 1.98. The van der Waals surface area contributed by atoms with Crippen molar-refractivity contribution >= 4 is 12.4 Å². The average molecular weight is 320 g/mol. The lowest BCUT2D eigenvalue weighted by atomic mass is 9.95. The van der Waals surface area contributed by atoms with Crippen LogP contribution in [0.15, 0.2) is 18.2 Å². The summed E-state index contributed by atoms with van der Waals surface area (Å²) in [6.07, 6.45) is -8.09. The fraction of sp³-hybridized carbons (Fsp3) is 0.500. The molecule has 114 valence electrons. The van der Waals surface area contributed by atoms with Crippen LogP contribution >= 0.6 is 12.4 Å². The van der Waals surface area contributed by atoms with Crippen LogP contribution in [0.2, 0.25) is 0 Å². The molecule has 20 heavy (non-hydrogen) atoms. The van der Waals surface area contributed by atoms with Crippen molar-refractivity contribution in [1.82, 2.24) is 0 Å². The normalized spacial score (nSPS) is 17.6. The van der Waals surface area contributed by atoms with Gasteiger partial charge in [0.25, 0.3) is 0 Å². The first-order chi connectivity index (χ1) is 8.60. The highest BCUT2D eigenvalue weighted by Crippen LogP contribution is 2.45. The van der Waals surface area contributed by atoms with Gasteiger partial charge in [-0.2, -0.15) is 26.3 Å². The van der Waals surface area contributed by atoms with Gasteiger partial charge in [0.1, 0.15) is 0 Å². The topological polar surface area (TPSA) is 26.0 Å². The SMILES string of the molecule is Cl.N[C@@H](c1cc(C(F)(F)F)ccc1C(F)(F)F)C1CC1. The molecule has 0 bridgehead atoms. The zero-order valence-corrected chi connectivity index (χ0v) is 10.9. The molecule has 0 aromatic heterocycles. The molecule has 1 aromatic carbocycles. The van der Waals surface area contributed by atoms with E-state index in [0.29, 0.717) is 31.0 Å². The molecule has 8 heteroatoms. The molecule has 1 aliphatic rings. The Morgan fingerprint density at radius 2 is 1.55 bits per heavy atom. The van der Waals surface area contributed by atoms with Crippen LogP contribution in [0.25, 0.3) is 0 Å². The lowest BCUT2D eigenvalue weighted by Crippen LogP contribution is -2.20. The molecule has 1 aromatic rings. The van der Waals surface area contributed by atoms with Crippen molar-refractivity contribution in [3.63, 3.8) is 0 Å². The predicted octanol–water partition coefficient (Wildman–Crippen LogP) is 4.56. The van der Waals surface area contributed by atoms with Crippen molar-refractivity contribution < 1.29 is 26.3 Å². The van der Waals surface area contributed by atoms with Gasteiger partial charge in [0.05, 0.1) is 11.1 Å². The Bertz CT molecular complexity index is 478. The Kier molecular flexibility index (Phi) is 4.65. The second-order valence-corrected chi connectivity index (χ2v) is 4.66. The molecule has 0 unspecified atom stereocenters. The van der Waals surface area contributed by atoms with Crippen LogP contribution in [0.5, 0.6) is 0 Å². The molecule has 1 aliphatic carbocycles. The zero-order chi connectivity index (χ0) is 14.4. The molecule has 0 amide bonds. The van der Waals surface area contributed by atoms with E-state index in [-0.39, 0.29) is 18.3 Å². The molecule has 0 saturated heterocycles. The van der Waals surface area contributed by atoms with Crippen molar-refractivity contribution in [3.05, 3.63) is 34.9 Å². The first-order valence-electron chi connectivity index (χ1n) is 5.64. The first kappa shape index (κ1) is 17.1. The minimum atomic E-state index is -4.70. The van der Waals surface area contributed by atoms with Crippen molar-refractivity contribution in [2.24, 2.45) is 11.7 Å². The molecule has 0 heterocycles. The van der Waals surface area contributed by atoms with Crippen LogP contribution in [0.1, 0.15) is 35.6 Å². The molecule has 2 rings (SSSR count). The van der Waals surface area contributed by atoms with Gasteiger partial charge in [-0.05, 0) is 42.5 Å². The highest BCUT2D eigenvalue weighted by atomic mass is 35.5. The van der Waals surface area contributed by atoms with E-state index >= 15 is 0 Å². The third-order valence-corrected chi connectivity index (χ3v) is 3.17. The maximum absolute atomic E-state index is 12.8. The van der Waals surface area contributed by atoms with Gasteiger partial charge in [-0.25, -0.2) is 0 Å². The second kappa shape index (κ2) is 5.44. The lowest BCUT2D eigenvalue weighted by molar-refractivity contribution is -0.142. The van der Waals surface area contributed by atoms with Crippen LogP contribution in [-0.4, -0.2) is 0 Å². The minimum Gasteiger partial charge on any atom is -0.324 e. The monoisotopic (exact) mass is 319 g/mol. The van der Waals surface area contributed by atoms with Crippen molar-refractivity contribution in [2.45, 2.75) is 31.2 Å². The lowest BCUT2D eigenvalue weighted by Gasteiger charge is -2.20. The van der Waals surface area contributed by atoms with E-state index in [9.17, 15) is 26.3 Å². The maximum Gasteiger partial charge on any atom is 0.416 e. The molecular weight excluding hydrogens is 308 g/mol. The molecule has 2 N–H and O–H groups in total. The molecule has 1 fully saturated rings. The zero-order valence-electron chi connectivity index (χ0n) is 10.1. The molecule has 1 saturated carbocycles. The number of alkyl halides is 6. The van der Waals surface area contributed by atoms with E-state index in [2.05, 4.69) is 0 Å². The van der Waals surface area contributed by atoms with Gasteiger partial charge in [0, 0.05) is 6.04 Å². The van der Waals surface area contributed by atoms with Crippen LogP contribution in [0.4, 0.5) is 26.3 Å². The van der Waals surface area contributed by atoms with E-state index in [4.69, 9.17) is 5.73 Å². The summed E-state index contributed by atoms with van der Waals surface area (Å²) in [5.41, 5.74) is 2.99. The summed E-state index contributed by atoms with van der Waals surface area (Å²) in [5.74, 6) is -0.162. The van der Waals surface area contributed by atoms with Crippen LogP contribution in [0.3, 0.4) is 0 Å². The standard InChI is InChI=1S/C12H11F6N.ClH/c13-11(14,15)7-3-4-9(12(16,17)18)8(5-7)10(19)6-1-2-6;/h3-6,10H,1-2,19H2;1H/t10-;/m1./s1. The third kappa shape index (κ3) is 3.58. The van der Waals surface area contributed by atoms with Gasteiger partial charge in [-0.3, -0.25) is 0 Å². The van der Waals surface area contributed by atoms with Gasteiger partial charge in [0.15, 0.2) is 0 Å². The van der Waals surface area contributed by atoms with Gasteiger partial charge >= 0.3 is 12.4 Å². The highest BCUT2D eigenvalue weighted by Gasteiger charge is 2.40. The number of nitrogens with two attached hydrogens (primary N) is 1. The third-order valence-electron chi connectivity index (χ3n) is 3.17. The number of benzene rings is 1. The summed E-state index contributed by atoms with van der Waals surface area (Å²) >= 11 is 0. The Labute approximate surface area is 117 Å². The second-order valence-electron chi connectivity index (χ2n) is 4.66. The van der Waals surface area contributed by atoms with Crippen LogP contribution in [-0.2, 0) is 12.4 Å². The van der Waals surface area contributed by atoms with Gasteiger partial charge < -0.3 is 5.73 Å². The van der Waals surface area contributed by atoms with E-state index < -0.39 is 35.1 Å². The average Bonchev–Trinajstić information content (AvgIpc) is 3.08. The van der Waals surface area contributed by atoms with E-state index in [1.807, 2.05) is 0 Å². The molecule has 1 nitrogen and oxygen atoms in total. The molecule has 0 spiro atoms. The predicted molar refractivity (Wildman–Crippen MR) is 63.3 cm³/mol. The summed E-state index contributed by atoms with van der Waals surface area (Å²) in [6.45, 7) is 0. The van der Waals surface area contributed by atoms with Gasteiger partial charge in [-0.1, -0.05) is 0 Å². The molecule has 0 radical (unpaired) electrons. The maximum atomic E-state index is 12.8. The quantitative estimate of drug-likeness (QED) is 0.795. The van der Waals surface area contributed by atoms with Crippen LogP contribution in [0, 0.1) is 5.92 Å². The van der Waals surface area contributed by atoms with E-state index in [1.54, 1.807) is 0 Å². The van der Waals surface area contributed by atoms with Crippen LogP contribution < -0.4 is 5.73 Å². The van der Waals surface area contributed by atoms with Crippen molar-refractivity contribution in [2.75, 3.05) is 0 Å². The number of halogens is 7. The minimum absolute atomic E-state index is 0. The van der Waals surface area contributed by atoms with Crippen molar-refractivity contribution in [1.29, 1.82) is 0 Å². The van der Waals surface area contributed by atoms with Crippen molar-refractivity contribution in [3.8, 4) is 0 Å². The van der Waals surface area contributed by atoms with Gasteiger partial charge in [0.2, 0.25) is 0 Å². The van der Waals surface area contributed by atoms with Gasteiger partial charge in [-0.15, -0.1) is 12.4 Å². The number of hydrogen-bond acceptors (Lipinski definition) is 1. The molecular formula is C12H12ClF6N. The number of rotatable bonds is 2. The summed E-state index contributed by atoms with van der Waals surface area (Å²) in [7, 11) is 0. The Morgan fingerprint density at radius 1 is 1.00 bits per heavy atom. The summed E-state index contributed by atoms with van der Waals surface area (Å²) in [6, 6.07) is 0.414. The molecule has 0 aliphatic heterocycles. The largest absolute Gasteiger partial charge is 0.416 e. The smallest absolute Gasteiger partial charge is 0.324 e. The Hall–Kier alpha value is -0.950. The highest BCUT2D eigenvalue weighted by molar-refractivity contribution is 5.85. The Morgan fingerprint density at radius 3 is 1.95 bits per heavy atom. The van der Waals surface area contributed by atoms with E-state index in [0.717, 1.165) is 0 Å². The summed E-state index contributed by atoms with van der Waals surface area (Å²) < 4.78 is 76.0. The fourth-order valence-corrected chi connectivity index (χ4v) is 1.98. The summed E-state index contributed by atoms with van der Waals surface area (Å²) in [4.78, 5) is 0. The first-order valence-corrected chi connectivity index (χ1v) is 5.64. The summed E-state index contributed by atoms with van der Waals surface area (Å²) in [5, 5.41) is 0. The Balaban J connectivity index is 0.00000200.